The Morgan fingerprint density at radius 3 is 2.71 bits per heavy atom. The average molecular weight is 288 g/mol. The van der Waals surface area contributed by atoms with E-state index in [1.807, 2.05) is 12.1 Å². The number of anilines is 1. The lowest BCUT2D eigenvalue weighted by atomic mass is 9.92. The first-order chi connectivity index (χ1) is 10.2. The molecule has 1 aliphatic carbocycles. The molecule has 2 N–H and O–H groups in total. The number of hydrogen-bond acceptors (Lipinski definition) is 1. The third kappa shape index (κ3) is 4.76. The van der Waals surface area contributed by atoms with Gasteiger partial charge in [-0.3, -0.25) is 0 Å². The van der Waals surface area contributed by atoms with Gasteiger partial charge in [-0.15, -0.1) is 0 Å². The van der Waals surface area contributed by atoms with Gasteiger partial charge in [0, 0.05) is 11.7 Å². The van der Waals surface area contributed by atoms with Crippen LogP contribution in [0.25, 0.3) is 0 Å². The highest BCUT2D eigenvalue weighted by Gasteiger charge is 2.17. The minimum Gasteiger partial charge on any atom is -0.335 e. The minimum absolute atomic E-state index is 0.0670. The van der Waals surface area contributed by atoms with E-state index in [9.17, 15) is 4.79 Å². The molecule has 1 aliphatic rings. The zero-order valence-corrected chi connectivity index (χ0v) is 13.3. The van der Waals surface area contributed by atoms with Crippen molar-refractivity contribution in [2.24, 2.45) is 0 Å². The van der Waals surface area contributed by atoms with Crippen LogP contribution < -0.4 is 10.6 Å². The molecule has 0 spiro atoms. The summed E-state index contributed by atoms with van der Waals surface area (Å²) < 4.78 is 0. The Bertz CT molecular complexity index is 452. The van der Waals surface area contributed by atoms with Gasteiger partial charge < -0.3 is 10.6 Å². The number of hydrogen-bond donors (Lipinski definition) is 2. The molecular formula is C18H28N2O. The first-order valence-electron chi connectivity index (χ1n) is 8.40. The van der Waals surface area contributed by atoms with Crippen LogP contribution in [0.3, 0.4) is 0 Å². The van der Waals surface area contributed by atoms with Crippen LogP contribution in [0.4, 0.5) is 10.5 Å². The SMILES string of the molecule is CCCC(CC)c1cccc(NC(=O)NC2CCCC2)c1. The van der Waals surface area contributed by atoms with E-state index in [0.29, 0.717) is 12.0 Å². The van der Waals surface area contributed by atoms with Crippen molar-refractivity contribution in [3.8, 4) is 0 Å². The van der Waals surface area contributed by atoms with Crippen molar-refractivity contribution in [2.75, 3.05) is 5.32 Å². The molecule has 116 valence electrons. The van der Waals surface area contributed by atoms with Crippen molar-refractivity contribution in [3.63, 3.8) is 0 Å². The normalized spacial score (nSPS) is 16.7. The second kappa shape index (κ2) is 8.06. The molecule has 1 atom stereocenters. The molecule has 3 nitrogen and oxygen atoms in total. The molecule has 21 heavy (non-hydrogen) atoms. The molecule has 1 unspecified atom stereocenters. The van der Waals surface area contributed by atoms with Gasteiger partial charge >= 0.3 is 6.03 Å². The van der Waals surface area contributed by atoms with Gasteiger partial charge in [0.1, 0.15) is 0 Å². The van der Waals surface area contributed by atoms with Crippen LogP contribution in [0.5, 0.6) is 0 Å². The lowest BCUT2D eigenvalue weighted by molar-refractivity contribution is 0.248. The Balaban J connectivity index is 1.94. The van der Waals surface area contributed by atoms with Gasteiger partial charge in [0.15, 0.2) is 0 Å². The summed E-state index contributed by atoms with van der Waals surface area (Å²) in [5, 5.41) is 6.05. The van der Waals surface area contributed by atoms with Gasteiger partial charge in [-0.05, 0) is 49.3 Å². The van der Waals surface area contributed by atoms with Crippen molar-refractivity contribution in [2.45, 2.75) is 70.8 Å². The van der Waals surface area contributed by atoms with Crippen molar-refractivity contribution in [1.29, 1.82) is 0 Å². The Kier molecular flexibility index (Phi) is 6.09. The monoisotopic (exact) mass is 288 g/mol. The molecule has 0 saturated heterocycles. The van der Waals surface area contributed by atoms with Crippen LogP contribution in [0.2, 0.25) is 0 Å². The van der Waals surface area contributed by atoms with Gasteiger partial charge in [-0.25, -0.2) is 4.79 Å². The molecule has 1 aromatic carbocycles. The van der Waals surface area contributed by atoms with Crippen LogP contribution in [0, 0.1) is 0 Å². The molecule has 0 heterocycles. The first-order valence-corrected chi connectivity index (χ1v) is 8.40. The predicted octanol–water partition coefficient (Wildman–Crippen LogP) is 5.04. The molecule has 2 amide bonds. The number of amides is 2. The summed E-state index contributed by atoms with van der Waals surface area (Å²) in [6.45, 7) is 4.45. The van der Waals surface area contributed by atoms with E-state index in [4.69, 9.17) is 0 Å². The van der Waals surface area contributed by atoms with Crippen molar-refractivity contribution >= 4 is 11.7 Å². The first kappa shape index (κ1) is 15.9. The van der Waals surface area contributed by atoms with Crippen LogP contribution in [-0.2, 0) is 0 Å². The smallest absolute Gasteiger partial charge is 0.319 e. The number of benzene rings is 1. The molecule has 3 heteroatoms. The van der Waals surface area contributed by atoms with Crippen LogP contribution in [0.1, 0.15) is 70.3 Å². The molecule has 0 radical (unpaired) electrons. The lowest BCUT2D eigenvalue weighted by Gasteiger charge is -2.17. The molecular weight excluding hydrogens is 260 g/mol. The second-order valence-electron chi connectivity index (χ2n) is 6.10. The maximum absolute atomic E-state index is 12.0. The molecule has 1 saturated carbocycles. The van der Waals surface area contributed by atoms with E-state index in [0.717, 1.165) is 24.9 Å². The van der Waals surface area contributed by atoms with E-state index in [-0.39, 0.29) is 6.03 Å². The molecule has 0 bridgehead atoms. The van der Waals surface area contributed by atoms with Crippen LogP contribution >= 0.6 is 0 Å². The number of urea groups is 1. The van der Waals surface area contributed by atoms with E-state index in [2.05, 4.69) is 36.6 Å². The van der Waals surface area contributed by atoms with E-state index in [1.165, 1.54) is 31.2 Å². The third-order valence-corrected chi connectivity index (χ3v) is 4.44. The number of carbonyl (C=O) groups excluding carboxylic acids is 1. The Morgan fingerprint density at radius 2 is 2.05 bits per heavy atom. The summed E-state index contributed by atoms with van der Waals surface area (Å²) in [6.07, 6.45) is 8.23. The summed E-state index contributed by atoms with van der Waals surface area (Å²) in [5.74, 6) is 0.592. The number of rotatable bonds is 6. The minimum atomic E-state index is -0.0670. The van der Waals surface area contributed by atoms with Crippen molar-refractivity contribution in [1.82, 2.24) is 5.32 Å². The zero-order chi connectivity index (χ0) is 15.1. The van der Waals surface area contributed by atoms with Crippen molar-refractivity contribution < 1.29 is 4.79 Å². The van der Waals surface area contributed by atoms with E-state index in [1.54, 1.807) is 0 Å². The summed E-state index contributed by atoms with van der Waals surface area (Å²) in [7, 11) is 0. The second-order valence-corrected chi connectivity index (χ2v) is 6.10. The largest absolute Gasteiger partial charge is 0.335 e. The van der Waals surface area contributed by atoms with Crippen LogP contribution in [0.15, 0.2) is 24.3 Å². The van der Waals surface area contributed by atoms with Gasteiger partial charge in [0.25, 0.3) is 0 Å². The van der Waals surface area contributed by atoms with E-state index < -0.39 is 0 Å². The topological polar surface area (TPSA) is 41.1 Å². The van der Waals surface area contributed by atoms with Crippen LogP contribution in [-0.4, -0.2) is 12.1 Å². The maximum Gasteiger partial charge on any atom is 0.319 e. The van der Waals surface area contributed by atoms with Gasteiger partial charge in [0.05, 0.1) is 0 Å². The number of nitrogens with one attached hydrogen (secondary N) is 2. The predicted molar refractivity (Wildman–Crippen MR) is 88.8 cm³/mol. The fourth-order valence-corrected chi connectivity index (χ4v) is 3.25. The standard InChI is InChI=1S/C18H28N2O/c1-3-8-14(4-2)15-9-7-12-17(13-15)20-18(21)19-16-10-5-6-11-16/h7,9,12-14,16H,3-6,8,10-11H2,1-2H3,(H2,19,20,21). The zero-order valence-electron chi connectivity index (χ0n) is 13.3. The quantitative estimate of drug-likeness (QED) is 0.756. The summed E-state index contributed by atoms with van der Waals surface area (Å²) >= 11 is 0. The Labute approximate surface area is 128 Å². The van der Waals surface area contributed by atoms with Gasteiger partial charge in [-0.1, -0.05) is 45.2 Å². The Morgan fingerprint density at radius 1 is 1.29 bits per heavy atom. The molecule has 0 aromatic heterocycles. The highest BCUT2D eigenvalue weighted by molar-refractivity contribution is 5.89. The van der Waals surface area contributed by atoms with E-state index >= 15 is 0 Å². The molecule has 1 aromatic rings. The molecule has 0 aliphatic heterocycles. The maximum atomic E-state index is 12.0. The van der Waals surface area contributed by atoms with Crippen molar-refractivity contribution in [3.05, 3.63) is 29.8 Å². The molecule has 2 rings (SSSR count). The summed E-state index contributed by atoms with van der Waals surface area (Å²) in [4.78, 5) is 12.0. The fraction of sp³-hybridized carbons (Fsp3) is 0.611. The number of carbonyl (C=O) groups is 1. The van der Waals surface area contributed by atoms with Gasteiger partial charge in [0.2, 0.25) is 0 Å². The Hall–Kier alpha value is -1.51. The highest BCUT2D eigenvalue weighted by Crippen LogP contribution is 2.26. The molecule has 1 fully saturated rings. The third-order valence-electron chi connectivity index (χ3n) is 4.44. The summed E-state index contributed by atoms with van der Waals surface area (Å²) in [6, 6.07) is 8.59. The highest BCUT2D eigenvalue weighted by atomic mass is 16.2. The average Bonchev–Trinajstić information content (AvgIpc) is 2.97. The van der Waals surface area contributed by atoms with Gasteiger partial charge in [-0.2, -0.15) is 0 Å². The fourth-order valence-electron chi connectivity index (χ4n) is 3.25. The summed E-state index contributed by atoms with van der Waals surface area (Å²) in [5.41, 5.74) is 2.23. The lowest BCUT2D eigenvalue weighted by Crippen LogP contribution is -2.36.